The molecule has 2 unspecified atom stereocenters. The summed E-state index contributed by atoms with van der Waals surface area (Å²) in [5.41, 5.74) is 1.56. The Morgan fingerprint density at radius 2 is 2.14 bits per heavy atom. The molecule has 0 bridgehead atoms. The van der Waals surface area contributed by atoms with Crippen LogP contribution in [0.25, 0.3) is 5.52 Å². The third-order valence-electron chi connectivity index (χ3n) is 6.05. The van der Waals surface area contributed by atoms with Crippen LogP contribution in [0.4, 0.5) is 0 Å². The number of carbonyl (C=O) groups is 2. The second-order valence-electron chi connectivity index (χ2n) is 8.05. The average Bonchev–Trinajstić information content (AvgIpc) is 3.38. The standard InChI is InChI=1S/C21H25N5O3/c1-4-18-24-15(12-29-18)20(28)22-11-13-10-17(21(13,2)3)25-19(27)14-6-5-9-26-16(14)7-8-23-26/h5-9,12-13,17H,4,10-11H2,1-3H3,(H,22,28)(H,25,27). The van der Waals surface area contributed by atoms with Crippen molar-refractivity contribution in [1.29, 1.82) is 0 Å². The monoisotopic (exact) mass is 395 g/mol. The zero-order valence-corrected chi connectivity index (χ0v) is 16.8. The fourth-order valence-corrected chi connectivity index (χ4v) is 3.87. The molecule has 0 radical (unpaired) electrons. The zero-order valence-electron chi connectivity index (χ0n) is 16.8. The first-order valence-corrected chi connectivity index (χ1v) is 9.86. The van der Waals surface area contributed by atoms with Crippen LogP contribution in [-0.2, 0) is 6.42 Å². The summed E-state index contributed by atoms with van der Waals surface area (Å²) in [5.74, 6) is 0.477. The second-order valence-corrected chi connectivity index (χ2v) is 8.05. The molecular weight excluding hydrogens is 370 g/mol. The summed E-state index contributed by atoms with van der Waals surface area (Å²) in [7, 11) is 0. The van der Waals surface area contributed by atoms with Gasteiger partial charge in [-0.2, -0.15) is 5.10 Å². The molecule has 3 aromatic heterocycles. The summed E-state index contributed by atoms with van der Waals surface area (Å²) in [6.45, 7) is 6.68. The number of hydrogen-bond donors (Lipinski definition) is 2. The number of amides is 2. The number of carbonyl (C=O) groups excluding carboxylic acids is 2. The van der Waals surface area contributed by atoms with E-state index in [1.807, 2.05) is 25.3 Å². The summed E-state index contributed by atoms with van der Waals surface area (Å²) in [6.07, 6.45) is 6.34. The van der Waals surface area contributed by atoms with Gasteiger partial charge in [0.05, 0.1) is 17.3 Å². The smallest absolute Gasteiger partial charge is 0.273 e. The molecule has 3 aromatic rings. The highest BCUT2D eigenvalue weighted by atomic mass is 16.3. The molecule has 1 fully saturated rings. The Kier molecular flexibility index (Phi) is 4.86. The molecule has 152 valence electrons. The summed E-state index contributed by atoms with van der Waals surface area (Å²) in [6, 6.07) is 5.48. The highest BCUT2D eigenvalue weighted by Crippen LogP contribution is 2.46. The predicted molar refractivity (Wildman–Crippen MR) is 107 cm³/mol. The molecule has 8 nitrogen and oxygen atoms in total. The van der Waals surface area contributed by atoms with Crippen LogP contribution in [-0.4, -0.2) is 39.0 Å². The van der Waals surface area contributed by atoms with E-state index >= 15 is 0 Å². The maximum atomic E-state index is 12.8. The van der Waals surface area contributed by atoms with Gasteiger partial charge >= 0.3 is 0 Å². The summed E-state index contributed by atoms with van der Waals surface area (Å²) < 4.78 is 6.91. The largest absolute Gasteiger partial charge is 0.448 e. The van der Waals surface area contributed by atoms with Crippen LogP contribution in [0.5, 0.6) is 0 Å². The number of nitrogens with zero attached hydrogens (tertiary/aromatic N) is 3. The molecule has 1 saturated carbocycles. The number of oxazole rings is 1. The Morgan fingerprint density at radius 3 is 2.86 bits per heavy atom. The normalized spacial score (nSPS) is 20.2. The average molecular weight is 395 g/mol. The van der Waals surface area contributed by atoms with Crippen LogP contribution in [0.1, 0.15) is 53.9 Å². The van der Waals surface area contributed by atoms with Gasteiger partial charge in [0, 0.05) is 25.2 Å². The molecule has 2 N–H and O–H groups in total. The van der Waals surface area contributed by atoms with Gasteiger partial charge in [-0.1, -0.05) is 20.8 Å². The van der Waals surface area contributed by atoms with Crippen LogP contribution in [0, 0.1) is 11.3 Å². The maximum Gasteiger partial charge on any atom is 0.273 e. The van der Waals surface area contributed by atoms with E-state index in [4.69, 9.17) is 4.42 Å². The van der Waals surface area contributed by atoms with Gasteiger partial charge in [0.25, 0.3) is 11.8 Å². The predicted octanol–water partition coefficient (Wildman–Crippen LogP) is 2.46. The van der Waals surface area contributed by atoms with Crippen molar-refractivity contribution >= 4 is 17.3 Å². The third kappa shape index (κ3) is 3.50. The quantitative estimate of drug-likeness (QED) is 0.668. The highest BCUT2D eigenvalue weighted by Gasteiger charge is 2.48. The first-order chi connectivity index (χ1) is 13.9. The summed E-state index contributed by atoms with van der Waals surface area (Å²) >= 11 is 0. The number of fused-ring (bicyclic) bond motifs is 1. The van der Waals surface area contributed by atoms with Crippen molar-refractivity contribution in [1.82, 2.24) is 25.2 Å². The van der Waals surface area contributed by atoms with Crippen molar-refractivity contribution in [2.45, 2.75) is 39.7 Å². The molecule has 1 aliphatic carbocycles. The van der Waals surface area contributed by atoms with Crippen molar-refractivity contribution < 1.29 is 14.0 Å². The summed E-state index contributed by atoms with van der Waals surface area (Å²) in [5, 5.41) is 10.3. The Balaban J connectivity index is 1.34. The molecule has 4 rings (SSSR count). The minimum absolute atomic E-state index is 0.0406. The van der Waals surface area contributed by atoms with Crippen LogP contribution in [0.15, 0.2) is 41.3 Å². The Labute approximate surface area is 168 Å². The van der Waals surface area contributed by atoms with Gasteiger partial charge in [-0.05, 0) is 36.0 Å². The summed E-state index contributed by atoms with van der Waals surface area (Å²) in [4.78, 5) is 29.2. The minimum Gasteiger partial charge on any atom is -0.448 e. The van der Waals surface area contributed by atoms with Gasteiger partial charge in [0.15, 0.2) is 11.6 Å². The lowest BCUT2D eigenvalue weighted by molar-refractivity contribution is 0.0150. The van der Waals surface area contributed by atoms with Crippen molar-refractivity contribution in [3.63, 3.8) is 0 Å². The number of pyridine rings is 1. The van der Waals surface area contributed by atoms with Crippen molar-refractivity contribution in [3.05, 3.63) is 54.0 Å². The molecule has 3 heterocycles. The molecule has 0 saturated heterocycles. The first-order valence-electron chi connectivity index (χ1n) is 9.86. The number of aryl methyl sites for hydroxylation is 1. The van der Waals surface area contributed by atoms with Gasteiger partial charge < -0.3 is 15.1 Å². The van der Waals surface area contributed by atoms with E-state index in [2.05, 4.69) is 34.6 Å². The molecule has 2 amide bonds. The van der Waals surface area contributed by atoms with Gasteiger partial charge in [-0.3, -0.25) is 9.59 Å². The van der Waals surface area contributed by atoms with Crippen LogP contribution >= 0.6 is 0 Å². The molecule has 1 aliphatic rings. The molecular formula is C21H25N5O3. The number of hydrogen-bond acceptors (Lipinski definition) is 5. The van der Waals surface area contributed by atoms with Crippen LogP contribution in [0.3, 0.4) is 0 Å². The second kappa shape index (κ2) is 7.35. The Bertz CT molecular complexity index is 1050. The maximum absolute atomic E-state index is 12.8. The lowest BCUT2D eigenvalue weighted by Crippen LogP contribution is -2.60. The minimum atomic E-state index is -0.232. The molecule has 0 aliphatic heterocycles. The van der Waals surface area contributed by atoms with E-state index in [1.165, 1.54) is 6.26 Å². The molecule has 0 spiro atoms. The lowest BCUT2D eigenvalue weighted by atomic mass is 9.58. The molecule has 8 heteroatoms. The lowest BCUT2D eigenvalue weighted by Gasteiger charge is -2.52. The van der Waals surface area contributed by atoms with E-state index in [9.17, 15) is 9.59 Å². The van der Waals surface area contributed by atoms with Crippen molar-refractivity contribution in [2.75, 3.05) is 6.54 Å². The fourth-order valence-electron chi connectivity index (χ4n) is 3.87. The van der Waals surface area contributed by atoms with Gasteiger partial charge in [0.2, 0.25) is 0 Å². The molecule has 2 atom stereocenters. The Morgan fingerprint density at radius 1 is 1.31 bits per heavy atom. The number of nitrogens with one attached hydrogen (secondary N) is 2. The number of aromatic nitrogens is 3. The van der Waals surface area contributed by atoms with Gasteiger partial charge in [0.1, 0.15) is 6.26 Å². The highest BCUT2D eigenvalue weighted by molar-refractivity contribution is 6.00. The van der Waals surface area contributed by atoms with E-state index in [0.717, 1.165) is 11.9 Å². The van der Waals surface area contributed by atoms with E-state index in [-0.39, 0.29) is 29.2 Å². The van der Waals surface area contributed by atoms with E-state index < -0.39 is 0 Å². The van der Waals surface area contributed by atoms with E-state index in [0.29, 0.717) is 30.1 Å². The first kappa shape index (κ1) is 19.2. The fraction of sp³-hybridized carbons (Fsp3) is 0.429. The SMILES string of the molecule is CCc1nc(C(=O)NCC2CC(NC(=O)c3cccn4nccc34)C2(C)C)co1. The van der Waals surface area contributed by atoms with Crippen molar-refractivity contribution in [3.8, 4) is 0 Å². The molecule has 0 aromatic carbocycles. The Hall–Kier alpha value is -3.16. The van der Waals surface area contributed by atoms with Crippen molar-refractivity contribution in [2.24, 2.45) is 11.3 Å². The zero-order chi connectivity index (χ0) is 20.6. The van der Waals surface area contributed by atoms with E-state index in [1.54, 1.807) is 16.8 Å². The van der Waals surface area contributed by atoms with Gasteiger partial charge in [-0.25, -0.2) is 9.50 Å². The molecule has 29 heavy (non-hydrogen) atoms. The third-order valence-corrected chi connectivity index (χ3v) is 6.05. The topological polar surface area (TPSA) is 102 Å². The van der Waals surface area contributed by atoms with Gasteiger partial charge in [-0.15, -0.1) is 0 Å². The van der Waals surface area contributed by atoms with Crippen LogP contribution in [0.2, 0.25) is 0 Å². The number of rotatable bonds is 6. The van der Waals surface area contributed by atoms with Crippen LogP contribution < -0.4 is 10.6 Å².